The number of rotatable bonds is 7. The Labute approximate surface area is 276 Å². The first kappa shape index (κ1) is 37.6. The quantitative estimate of drug-likeness (QED) is 0.324. The molecule has 1 saturated carbocycles. The maximum absolute atomic E-state index is 16.7. The van der Waals surface area contributed by atoms with Crippen molar-refractivity contribution < 1.29 is 38.0 Å². The highest BCUT2D eigenvalue weighted by molar-refractivity contribution is 6.05. The van der Waals surface area contributed by atoms with E-state index in [4.69, 9.17) is 18.9 Å². The molecule has 1 aliphatic carbocycles. The Hall–Kier alpha value is -1.21. The number of cyclic esters (lactones) is 1. The van der Waals surface area contributed by atoms with Gasteiger partial charge in [0, 0.05) is 32.3 Å². The van der Waals surface area contributed by atoms with Crippen LogP contribution in [-0.4, -0.2) is 141 Å². The summed E-state index contributed by atoms with van der Waals surface area (Å²) in [7, 11) is 7.28. The van der Waals surface area contributed by atoms with Gasteiger partial charge in [0.1, 0.15) is 24.2 Å². The number of aliphatic hydroxyl groups is 1. The van der Waals surface area contributed by atoms with Gasteiger partial charge in [0.2, 0.25) is 0 Å². The molecule has 0 unspecified atom stereocenters. The van der Waals surface area contributed by atoms with Crippen molar-refractivity contribution in [3.63, 3.8) is 0 Å². The average Bonchev–Trinajstić information content (AvgIpc) is 2.98. The number of Topliss-reactive ketones (excluding diaryl/α,β-unsaturated/α-hetero) is 1. The summed E-state index contributed by atoms with van der Waals surface area (Å²) in [4.78, 5) is 34.2. The van der Waals surface area contributed by atoms with Crippen molar-refractivity contribution in [1.29, 1.82) is 0 Å². The average molecular weight is 656 g/mol. The minimum Gasteiger partial charge on any atom is -0.463 e. The second kappa shape index (κ2) is 15.6. The Kier molecular flexibility index (Phi) is 12.7. The van der Waals surface area contributed by atoms with E-state index in [0.717, 1.165) is 31.8 Å². The van der Waals surface area contributed by atoms with Crippen molar-refractivity contribution in [2.24, 2.45) is 23.2 Å². The highest BCUT2D eigenvalue weighted by Gasteiger charge is 2.53. The lowest BCUT2D eigenvalue weighted by atomic mass is 9.78. The van der Waals surface area contributed by atoms with Crippen LogP contribution in [0.15, 0.2) is 0 Å². The number of methoxy groups -OCH3 is 1. The molecule has 0 aromatic carbocycles. The third-order valence-electron chi connectivity index (χ3n) is 11.5. The minimum atomic E-state index is -2.24. The number of likely N-dealkylation sites (tertiary alicyclic amines) is 1. The highest BCUT2D eigenvalue weighted by atomic mass is 19.1. The summed E-state index contributed by atoms with van der Waals surface area (Å²) in [5.41, 5.74) is -3.04. The van der Waals surface area contributed by atoms with E-state index in [2.05, 4.69) is 23.8 Å². The van der Waals surface area contributed by atoms with Crippen molar-refractivity contribution >= 4 is 11.8 Å². The number of carbonyl (C=O) groups excluding carboxylic acids is 2. The zero-order valence-electron chi connectivity index (χ0n) is 29.9. The Morgan fingerprint density at radius 1 is 1.09 bits per heavy atom. The monoisotopic (exact) mass is 655 g/mol. The number of ketones is 1. The number of ether oxygens (including phenoxy) is 4. The molecule has 3 saturated heterocycles. The number of alkyl halides is 1. The van der Waals surface area contributed by atoms with E-state index >= 15 is 4.39 Å². The molecule has 0 amide bonds. The van der Waals surface area contributed by atoms with Gasteiger partial charge in [0.05, 0.1) is 11.7 Å². The molecule has 0 aromatic rings. The molecule has 4 aliphatic rings. The SMILES string of the molecule is CO[C@]1(C)C[C@@H](C)CN(C)[C@@H](C2CCN(CC3CCC3)CC2)COC(=O)C(C)(C)C(=O)[C@H](F)[C@H]1O[C@@H]1O[C@H](C)C[C@H](N(C)C)[C@H]1O. The zero-order chi connectivity index (χ0) is 34.0. The molecule has 0 bridgehead atoms. The van der Waals surface area contributed by atoms with E-state index in [0.29, 0.717) is 25.3 Å². The number of likely N-dealkylation sites (N-methyl/N-ethyl adjacent to an activating group) is 2. The van der Waals surface area contributed by atoms with Crippen LogP contribution in [0.2, 0.25) is 0 Å². The molecule has 1 N–H and O–H groups in total. The molecule has 9 atom stereocenters. The summed E-state index contributed by atoms with van der Waals surface area (Å²) in [6.07, 6.45) is 0.785. The summed E-state index contributed by atoms with van der Waals surface area (Å²) in [5.74, 6) is -0.503. The van der Waals surface area contributed by atoms with Gasteiger partial charge in [0.15, 0.2) is 18.2 Å². The number of carbonyl (C=O) groups is 2. The zero-order valence-corrected chi connectivity index (χ0v) is 29.9. The van der Waals surface area contributed by atoms with Crippen LogP contribution in [0.25, 0.3) is 0 Å². The van der Waals surface area contributed by atoms with E-state index in [-0.39, 0.29) is 30.7 Å². The molecule has 4 rings (SSSR count). The maximum atomic E-state index is 16.7. The molecule has 0 spiro atoms. The second-order valence-electron chi connectivity index (χ2n) is 15.9. The Morgan fingerprint density at radius 3 is 2.30 bits per heavy atom. The van der Waals surface area contributed by atoms with Crippen LogP contribution in [0, 0.1) is 23.2 Å². The maximum Gasteiger partial charge on any atom is 0.319 e. The van der Waals surface area contributed by atoms with Crippen LogP contribution >= 0.6 is 0 Å². The van der Waals surface area contributed by atoms with E-state index in [1.165, 1.54) is 46.8 Å². The molecular weight excluding hydrogens is 593 g/mol. The van der Waals surface area contributed by atoms with Crippen LogP contribution in [0.5, 0.6) is 0 Å². The standard InChI is InChI=1S/C35H62FN3O7/c1-22-18-35(5,43-9)31(46-32-29(40)26(37(6)7)17-23(2)45-32)28(36)30(41)34(3,4)33(42)44-21-27(38(8)19-22)25-13-15-39(16-14-25)20-24-11-10-12-24/h22-29,31-32,40H,10-21H2,1-9H3/t22-,23-,26+,27-,28+,29-,31-,32+,35-/m1/s1. The number of hydrogen-bond acceptors (Lipinski definition) is 10. The fourth-order valence-electron chi connectivity index (χ4n) is 8.13. The number of nitrogens with zero attached hydrogens (tertiary/aromatic N) is 3. The molecule has 11 heteroatoms. The van der Waals surface area contributed by atoms with Gasteiger partial charge in [-0.25, -0.2) is 4.39 Å². The molecule has 4 fully saturated rings. The lowest BCUT2D eigenvalue weighted by Gasteiger charge is -2.46. The normalized spacial score (nSPS) is 40.1. The predicted molar refractivity (Wildman–Crippen MR) is 174 cm³/mol. The number of aliphatic hydroxyl groups excluding tert-OH is 1. The molecule has 46 heavy (non-hydrogen) atoms. The fourth-order valence-corrected chi connectivity index (χ4v) is 8.13. The minimum absolute atomic E-state index is 0.0136. The van der Waals surface area contributed by atoms with E-state index in [9.17, 15) is 14.7 Å². The smallest absolute Gasteiger partial charge is 0.319 e. The van der Waals surface area contributed by atoms with Crippen LogP contribution in [0.1, 0.15) is 79.6 Å². The van der Waals surface area contributed by atoms with Gasteiger partial charge in [-0.05, 0) is 118 Å². The largest absolute Gasteiger partial charge is 0.463 e. The summed E-state index contributed by atoms with van der Waals surface area (Å²) in [6, 6.07) is -0.312. The number of halogens is 1. The van der Waals surface area contributed by atoms with Gasteiger partial charge in [-0.3, -0.25) is 14.5 Å². The highest BCUT2D eigenvalue weighted by Crippen LogP contribution is 2.38. The summed E-state index contributed by atoms with van der Waals surface area (Å²) in [6.45, 7) is 12.6. The first-order chi connectivity index (χ1) is 21.6. The van der Waals surface area contributed by atoms with E-state index in [1.54, 1.807) is 6.92 Å². The lowest BCUT2D eigenvalue weighted by molar-refractivity contribution is -0.296. The van der Waals surface area contributed by atoms with E-state index < -0.39 is 47.4 Å². The van der Waals surface area contributed by atoms with Crippen LogP contribution < -0.4 is 0 Å². The van der Waals surface area contributed by atoms with Gasteiger partial charge < -0.3 is 33.9 Å². The molecule has 266 valence electrons. The number of hydrogen-bond donors (Lipinski definition) is 1. The molecule has 3 aliphatic heterocycles. The van der Waals surface area contributed by atoms with Crippen molar-refractivity contribution in [1.82, 2.24) is 14.7 Å². The van der Waals surface area contributed by atoms with Gasteiger partial charge in [0.25, 0.3) is 0 Å². The fraction of sp³-hybridized carbons (Fsp3) is 0.943. The van der Waals surface area contributed by atoms with Crippen molar-refractivity contribution in [2.45, 2.75) is 128 Å². The van der Waals surface area contributed by atoms with Gasteiger partial charge in [-0.2, -0.15) is 0 Å². The second-order valence-corrected chi connectivity index (χ2v) is 15.9. The summed E-state index contributed by atoms with van der Waals surface area (Å²) >= 11 is 0. The molecule has 10 nitrogen and oxygen atoms in total. The summed E-state index contributed by atoms with van der Waals surface area (Å²) < 4.78 is 40.9. The Bertz CT molecular complexity index is 1020. The first-order valence-corrected chi connectivity index (χ1v) is 17.6. The van der Waals surface area contributed by atoms with Crippen LogP contribution in [0.4, 0.5) is 4.39 Å². The third kappa shape index (κ3) is 8.50. The third-order valence-corrected chi connectivity index (χ3v) is 11.5. The van der Waals surface area contributed by atoms with Crippen LogP contribution in [0.3, 0.4) is 0 Å². The van der Waals surface area contributed by atoms with Crippen molar-refractivity contribution in [2.75, 3.05) is 61.0 Å². The van der Waals surface area contributed by atoms with E-state index in [1.807, 2.05) is 25.9 Å². The summed E-state index contributed by atoms with van der Waals surface area (Å²) in [5, 5.41) is 11.2. The number of piperidine rings is 1. The van der Waals surface area contributed by atoms with Gasteiger partial charge in [-0.15, -0.1) is 0 Å². The lowest BCUT2D eigenvalue weighted by Crippen LogP contribution is -2.60. The molecule has 3 heterocycles. The number of esters is 1. The molecular formula is C35H62FN3O7. The topological polar surface area (TPSA) is 101 Å². The molecule has 0 radical (unpaired) electrons. The first-order valence-electron chi connectivity index (χ1n) is 17.6. The van der Waals surface area contributed by atoms with Gasteiger partial charge in [-0.1, -0.05) is 13.3 Å². The van der Waals surface area contributed by atoms with Gasteiger partial charge >= 0.3 is 5.97 Å². The Morgan fingerprint density at radius 2 is 1.74 bits per heavy atom. The predicted octanol–water partition coefficient (Wildman–Crippen LogP) is 3.53. The molecule has 0 aromatic heterocycles. The van der Waals surface area contributed by atoms with Crippen molar-refractivity contribution in [3.05, 3.63) is 0 Å². The Balaban J connectivity index is 1.59. The van der Waals surface area contributed by atoms with Crippen LogP contribution in [-0.2, 0) is 28.5 Å². The van der Waals surface area contributed by atoms with Crippen molar-refractivity contribution in [3.8, 4) is 0 Å².